The summed E-state index contributed by atoms with van der Waals surface area (Å²) in [5, 5.41) is 18.1. The van der Waals surface area contributed by atoms with Crippen molar-refractivity contribution in [3.63, 3.8) is 0 Å². The van der Waals surface area contributed by atoms with Gasteiger partial charge in [-0.3, -0.25) is 4.79 Å². The van der Waals surface area contributed by atoms with Crippen LogP contribution in [0.5, 0.6) is 11.5 Å². The summed E-state index contributed by atoms with van der Waals surface area (Å²) < 4.78 is 10.9. The monoisotopic (exact) mass is 410 g/mol. The lowest BCUT2D eigenvalue weighted by atomic mass is 10.0. The lowest BCUT2D eigenvalue weighted by Crippen LogP contribution is -2.14. The molecule has 0 saturated carbocycles. The van der Waals surface area contributed by atoms with Gasteiger partial charge in [0.05, 0.1) is 16.7 Å². The van der Waals surface area contributed by atoms with Gasteiger partial charge >= 0.3 is 5.97 Å². The summed E-state index contributed by atoms with van der Waals surface area (Å²) in [5.41, 5.74) is 3.22. The number of hydrogen-bond donors (Lipinski definition) is 0. The number of ketones is 1. The molecule has 3 aromatic carbocycles. The Morgan fingerprint density at radius 3 is 2.26 bits per heavy atom. The summed E-state index contributed by atoms with van der Waals surface area (Å²) in [6, 6.07) is 20.0. The highest BCUT2D eigenvalue weighted by atomic mass is 16.5. The third kappa shape index (κ3) is 5.14. The van der Waals surface area contributed by atoms with Crippen LogP contribution in [-0.4, -0.2) is 18.4 Å². The van der Waals surface area contributed by atoms with E-state index in [1.807, 2.05) is 32.1 Å². The van der Waals surface area contributed by atoms with Gasteiger partial charge in [0.15, 0.2) is 12.4 Å². The Bertz CT molecular complexity index is 1250. The maximum atomic E-state index is 12.4. The minimum Gasteiger partial charge on any atom is -0.457 e. The van der Waals surface area contributed by atoms with Gasteiger partial charge < -0.3 is 9.47 Å². The topological polar surface area (TPSA) is 100 Å². The van der Waals surface area contributed by atoms with Crippen LogP contribution in [0.25, 0.3) is 0 Å². The predicted octanol–water partition coefficient (Wildman–Crippen LogP) is 4.88. The summed E-state index contributed by atoms with van der Waals surface area (Å²) in [4.78, 5) is 24.7. The van der Waals surface area contributed by atoms with E-state index in [4.69, 9.17) is 20.0 Å². The van der Waals surface area contributed by atoms with Crippen molar-refractivity contribution in [3.05, 3.63) is 94.0 Å². The van der Waals surface area contributed by atoms with Crippen LogP contribution >= 0.6 is 0 Å². The maximum absolute atomic E-state index is 12.4. The molecule has 0 radical (unpaired) electrons. The highest BCUT2D eigenvalue weighted by Crippen LogP contribution is 2.25. The lowest BCUT2D eigenvalue weighted by molar-refractivity contribution is 0.0474. The molecule has 3 rings (SSSR count). The van der Waals surface area contributed by atoms with Crippen molar-refractivity contribution in [3.8, 4) is 23.6 Å². The molecule has 6 heteroatoms. The van der Waals surface area contributed by atoms with E-state index in [2.05, 4.69) is 0 Å². The minimum absolute atomic E-state index is 0.195. The number of carbonyl (C=O) groups excluding carboxylic acids is 2. The van der Waals surface area contributed by atoms with Crippen molar-refractivity contribution in [1.82, 2.24) is 0 Å². The van der Waals surface area contributed by atoms with Crippen molar-refractivity contribution < 1.29 is 19.1 Å². The zero-order valence-corrected chi connectivity index (χ0v) is 17.0. The fourth-order valence-corrected chi connectivity index (χ4v) is 2.81. The van der Waals surface area contributed by atoms with E-state index in [0.717, 1.165) is 11.1 Å². The molecule has 3 aromatic rings. The van der Waals surface area contributed by atoms with Gasteiger partial charge in [0.1, 0.15) is 23.6 Å². The summed E-state index contributed by atoms with van der Waals surface area (Å²) in [6.07, 6.45) is 0. The molecule has 152 valence electrons. The average Bonchev–Trinajstić information content (AvgIpc) is 2.79. The molecule has 0 aliphatic rings. The summed E-state index contributed by atoms with van der Waals surface area (Å²) >= 11 is 0. The first-order valence-corrected chi connectivity index (χ1v) is 9.41. The van der Waals surface area contributed by atoms with Gasteiger partial charge in [-0.15, -0.1) is 0 Å². The predicted molar refractivity (Wildman–Crippen MR) is 113 cm³/mol. The number of Topliss-reactive ketones (excluding diaryl/α,β-unsaturated/α-hetero) is 1. The van der Waals surface area contributed by atoms with E-state index >= 15 is 0 Å². The van der Waals surface area contributed by atoms with E-state index in [1.165, 1.54) is 18.2 Å². The molecular formula is C25H18N2O4. The van der Waals surface area contributed by atoms with Crippen LogP contribution in [0.3, 0.4) is 0 Å². The molecule has 0 bridgehead atoms. The summed E-state index contributed by atoms with van der Waals surface area (Å²) in [5.74, 6) is -0.236. The number of nitrogens with zero attached hydrogens (tertiary/aromatic N) is 2. The number of nitriles is 2. The Kier molecular flexibility index (Phi) is 6.45. The molecule has 0 fully saturated rings. The standard InChI is InChI=1S/C25H18N2O4/c1-16-6-7-18(10-17(16)2)24(28)15-30-25(29)19-4-3-5-22(11-19)31-23-9-8-20(13-26)21(12-23)14-27/h3-12H,15H2,1-2H3. The fourth-order valence-electron chi connectivity index (χ4n) is 2.81. The van der Waals surface area contributed by atoms with E-state index in [9.17, 15) is 9.59 Å². The smallest absolute Gasteiger partial charge is 0.338 e. The number of ether oxygens (including phenoxy) is 2. The third-order valence-corrected chi connectivity index (χ3v) is 4.70. The molecule has 0 aliphatic carbocycles. The molecule has 0 amide bonds. The molecule has 0 atom stereocenters. The highest BCUT2D eigenvalue weighted by Gasteiger charge is 2.14. The molecule has 0 aromatic heterocycles. The number of benzene rings is 3. The molecule has 31 heavy (non-hydrogen) atoms. The Morgan fingerprint density at radius 1 is 0.806 bits per heavy atom. The normalized spacial score (nSPS) is 9.94. The zero-order valence-electron chi connectivity index (χ0n) is 17.0. The quantitative estimate of drug-likeness (QED) is 0.424. The first-order chi connectivity index (χ1) is 14.9. The van der Waals surface area contributed by atoms with Crippen molar-refractivity contribution in [2.45, 2.75) is 13.8 Å². The van der Waals surface area contributed by atoms with Crippen molar-refractivity contribution in [2.24, 2.45) is 0 Å². The van der Waals surface area contributed by atoms with Crippen molar-refractivity contribution >= 4 is 11.8 Å². The molecule has 6 nitrogen and oxygen atoms in total. The van der Waals surface area contributed by atoms with Crippen LogP contribution < -0.4 is 4.74 Å². The van der Waals surface area contributed by atoms with E-state index in [-0.39, 0.29) is 29.1 Å². The van der Waals surface area contributed by atoms with Crippen LogP contribution in [-0.2, 0) is 4.74 Å². The first kappa shape index (κ1) is 21.3. The van der Waals surface area contributed by atoms with Gasteiger partial charge in [-0.25, -0.2) is 4.79 Å². The van der Waals surface area contributed by atoms with Crippen LogP contribution in [0.2, 0.25) is 0 Å². The van der Waals surface area contributed by atoms with Gasteiger partial charge in [0.25, 0.3) is 0 Å². The summed E-state index contributed by atoms with van der Waals surface area (Å²) in [6.45, 7) is 3.50. The Hall–Kier alpha value is -4.42. The Labute approximate surface area is 179 Å². The second kappa shape index (κ2) is 9.39. The second-order valence-electron chi connectivity index (χ2n) is 6.86. The maximum Gasteiger partial charge on any atom is 0.338 e. The molecule has 0 N–H and O–H groups in total. The van der Waals surface area contributed by atoms with Gasteiger partial charge in [0.2, 0.25) is 0 Å². The molecular weight excluding hydrogens is 392 g/mol. The van der Waals surface area contributed by atoms with E-state index in [1.54, 1.807) is 36.4 Å². The highest BCUT2D eigenvalue weighted by molar-refractivity contribution is 5.99. The molecule has 0 spiro atoms. The summed E-state index contributed by atoms with van der Waals surface area (Å²) in [7, 11) is 0. The number of hydrogen-bond acceptors (Lipinski definition) is 6. The van der Waals surface area contributed by atoms with Crippen LogP contribution in [0.15, 0.2) is 60.7 Å². The lowest BCUT2D eigenvalue weighted by Gasteiger charge is -2.09. The molecule has 0 heterocycles. The third-order valence-electron chi connectivity index (χ3n) is 4.70. The van der Waals surface area contributed by atoms with Gasteiger partial charge in [-0.05, 0) is 67.4 Å². The van der Waals surface area contributed by atoms with Gasteiger partial charge in [-0.2, -0.15) is 10.5 Å². The molecule has 0 aliphatic heterocycles. The van der Waals surface area contributed by atoms with Crippen molar-refractivity contribution in [1.29, 1.82) is 10.5 Å². The molecule has 0 unspecified atom stereocenters. The van der Waals surface area contributed by atoms with Crippen molar-refractivity contribution in [2.75, 3.05) is 6.61 Å². The SMILES string of the molecule is Cc1ccc(C(=O)COC(=O)c2cccc(Oc3ccc(C#N)c(C#N)c3)c2)cc1C. The van der Waals surface area contributed by atoms with Crippen LogP contribution in [0.1, 0.15) is 43.0 Å². The first-order valence-electron chi connectivity index (χ1n) is 9.41. The van der Waals surface area contributed by atoms with Gasteiger partial charge in [0, 0.05) is 5.56 Å². The Morgan fingerprint density at radius 2 is 1.55 bits per heavy atom. The number of esters is 1. The number of carbonyl (C=O) groups is 2. The molecule has 0 saturated heterocycles. The van der Waals surface area contributed by atoms with Crippen LogP contribution in [0.4, 0.5) is 0 Å². The van der Waals surface area contributed by atoms with Crippen LogP contribution in [0, 0.1) is 36.5 Å². The fraction of sp³-hybridized carbons (Fsp3) is 0.120. The van der Waals surface area contributed by atoms with E-state index in [0.29, 0.717) is 17.1 Å². The average molecular weight is 410 g/mol. The minimum atomic E-state index is -0.653. The van der Waals surface area contributed by atoms with E-state index < -0.39 is 5.97 Å². The number of aryl methyl sites for hydroxylation is 2. The Balaban J connectivity index is 1.67. The van der Waals surface area contributed by atoms with Gasteiger partial charge in [-0.1, -0.05) is 18.2 Å². The zero-order chi connectivity index (χ0) is 22.4. The largest absolute Gasteiger partial charge is 0.457 e. The number of rotatable bonds is 6. The second-order valence-corrected chi connectivity index (χ2v) is 6.86.